The lowest BCUT2D eigenvalue weighted by Gasteiger charge is -2.25. The third-order valence-corrected chi connectivity index (χ3v) is 6.45. The summed E-state index contributed by atoms with van der Waals surface area (Å²) in [6.07, 6.45) is 2.55. The summed E-state index contributed by atoms with van der Waals surface area (Å²) >= 11 is 3.39. The summed E-state index contributed by atoms with van der Waals surface area (Å²) in [7, 11) is -3.26. The molecule has 1 aliphatic heterocycles. The average molecular weight is 342 g/mol. The number of carbonyl (C=O) groups excluding carboxylic acids is 1. The van der Waals surface area contributed by atoms with Gasteiger partial charge < -0.3 is 11.1 Å². The van der Waals surface area contributed by atoms with Crippen molar-refractivity contribution in [1.82, 2.24) is 9.62 Å². The lowest BCUT2D eigenvalue weighted by atomic mass is 10.2. The predicted octanol–water partition coefficient (Wildman–Crippen LogP) is -0.438. The first-order valence-electron chi connectivity index (χ1n) is 6.55. The fraction of sp³-hybridized carbons (Fsp3) is 0.909. The molecule has 0 spiro atoms. The highest BCUT2D eigenvalue weighted by Gasteiger charge is 2.24. The Kier molecular flexibility index (Phi) is 8.27. The zero-order chi connectivity index (χ0) is 15.0. The van der Waals surface area contributed by atoms with E-state index >= 15 is 0 Å². The van der Waals surface area contributed by atoms with Crippen LogP contribution in [0.2, 0.25) is 0 Å². The van der Waals surface area contributed by atoms with Crippen LogP contribution in [0.5, 0.6) is 0 Å². The quantitative estimate of drug-likeness (QED) is 0.622. The van der Waals surface area contributed by atoms with E-state index in [0.29, 0.717) is 19.5 Å². The molecule has 0 saturated carbocycles. The Hall–Kier alpha value is 0.0400. The number of nitrogens with two attached hydrogens (primary N) is 1. The van der Waals surface area contributed by atoms with Gasteiger partial charge in [0.1, 0.15) is 0 Å². The SMILES string of the molecule is CSCC[C@H](N)C(=O)NCCS(=O)(=O)N1CCSCC1. The maximum Gasteiger partial charge on any atom is 0.236 e. The average Bonchev–Trinajstić information content (AvgIpc) is 2.45. The van der Waals surface area contributed by atoms with Gasteiger partial charge in [0.05, 0.1) is 11.8 Å². The summed E-state index contributed by atoms with van der Waals surface area (Å²) in [6, 6.07) is -0.559. The van der Waals surface area contributed by atoms with Gasteiger partial charge in [-0.05, 0) is 18.4 Å². The van der Waals surface area contributed by atoms with Crippen LogP contribution in [0.4, 0.5) is 0 Å². The Morgan fingerprint density at radius 2 is 2.10 bits per heavy atom. The normalized spacial score (nSPS) is 18.7. The standard InChI is InChI=1S/C11H23N3O3S3/c1-18-6-2-10(12)11(15)13-3-9-20(16,17)14-4-7-19-8-5-14/h10H,2-9,12H2,1H3,(H,13,15)/t10-/m0/s1. The van der Waals surface area contributed by atoms with Crippen molar-refractivity contribution in [2.45, 2.75) is 12.5 Å². The van der Waals surface area contributed by atoms with Crippen molar-refractivity contribution >= 4 is 39.5 Å². The number of carbonyl (C=O) groups is 1. The van der Waals surface area contributed by atoms with E-state index in [-0.39, 0.29) is 18.2 Å². The molecule has 20 heavy (non-hydrogen) atoms. The van der Waals surface area contributed by atoms with Gasteiger partial charge in [0.25, 0.3) is 0 Å². The molecule has 3 N–H and O–H groups in total. The van der Waals surface area contributed by atoms with Crippen molar-refractivity contribution in [2.24, 2.45) is 5.73 Å². The Labute approximate surface area is 129 Å². The minimum atomic E-state index is -3.26. The van der Waals surface area contributed by atoms with Crippen LogP contribution in [0, 0.1) is 0 Å². The second-order valence-corrected chi connectivity index (χ2v) is 8.81. The van der Waals surface area contributed by atoms with Gasteiger partial charge in [-0.3, -0.25) is 4.79 Å². The second-order valence-electron chi connectivity index (χ2n) is 4.51. The molecule has 0 aromatic rings. The number of sulfonamides is 1. The fourth-order valence-corrected chi connectivity index (χ4v) is 4.75. The van der Waals surface area contributed by atoms with Crippen LogP contribution >= 0.6 is 23.5 Å². The summed E-state index contributed by atoms with van der Waals surface area (Å²) in [4.78, 5) is 11.7. The molecule has 0 bridgehead atoms. The highest BCUT2D eigenvalue weighted by Crippen LogP contribution is 2.12. The van der Waals surface area contributed by atoms with Crippen LogP contribution in [-0.2, 0) is 14.8 Å². The van der Waals surface area contributed by atoms with Gasteiger partial charge in [0.15, 0.2) is 0 Å². The summed E-state index contributed by atoms with van der Waals surface area (Å²) in [5.74, 6) is 2.16. The second kappa shape index (κ2) is 9.14. The van der Waals surface area contributed by atoms with Crippen molar-refractivity contribution in [2.75, 3.05) is 48.9 Å². The number of nitrogens with one attached hydrogen (secondary N) is 1. The Bertz CT molecular complexity index is 397. The fourth-order valence-electron chi connectivity index (χ4n) is 1.76. The van der Waals surface area contributed by atoms with Gasteiger partial charge in [-0.15, -0.1) is 0 Å². The van der Waals surface area contributed by atoms with Gasteiger partial charge in [0.2, 0.25) is 15.9 Å². The Morgan fingerprint density at radius 1 is 1.45 bits per heavy atom. The van der Waals surface area contributed by atoms with Crippen molar-refractivity contribution in [3.8, 4) is 0 Å². The summed E-state index contributed by atoms with van der Waals surface area (Å²) in [6.45, 7) is 1.25. The maximum absolute atomic E-state index is 12.0. The van der Waals surface area contributed by atoms with Crippen molar-refractivity contribution < 1.29 is 13.2 Å². The van der Waals surface area contributed by atoms with Crippen LogP contribution in [0.1, 0.15) is 6.42 Å². The van der Waals surface area contributed by atoms with E-state index in [2.05, 4.69) is 5.32 Å². The topological polar surface area (TPSA) is 92.5 Å². The molecule has 0 unspecified atom stereocenters. The first-order chi connectivity index (χ1) is 9.47. The minimum Gasteiger partial charge on any atom is -0.354 e. The number of amides is 1. The van der Waals surface area contributed by atoms with Crippen LogP contribution in [0.3, 0.4) is 0 Å². The van der Waals surface area contributed by atoms with Crippen molar-refractivity contribution in [3.63, 3.8) is 0 Å². The molecular weight excluding hydrogens is 318 g/mol. The predicted molar refractivity (Wildman–Crippen MR) is 86.7 cm³/mol. The van der Waals surface area contributed by atoms with Crippen LogP contribution in [-0.4, -0.2) is 73.6 Å². The molecule has 0 aromatic carbocycles. The van der Waals surface area contributed by atoms with Crippen LogP contribution in [0.15, 0.2) is 0 Å². The van der Waals surface area contributed by atoms with Crippen molar-refractivity contribution in [3.05, 3.63) is 0 Å². The summed E-state index contributed by atoms with van der Waals surface area (Å²) < 4.78 is 25.6. The van der Waals surface area contributed by atoms with E-state index in [1.165, 1.54) is 4.31 Å². The van der Waals surface area contributed by atoms with Crippen LogP contribution < -0.4 is 11.1 Å². The molecule has 6 nitrogen and oxygen atoms in total. The smallest absolute Gasteiger partial charge is 0.236 e. The molecule has 1 aliphatic rings. The zero-order valence-electron chi connectivity index (χ0n) is 11.7. The highest BCUT2D eigenvalue weighted by atomic mass is 32.2. The van der Waals surface area contributed by atoms with E-state index < -0.39 is 16.1 Å². The zero-order valence-corrected chi connectivity index (χ0v) is 14.2. The van der Waals surface area contributed by atoms with E-state index in [9.17, 15) is 13.2 Å². The van der Waals surface area contributed by atoms with E-state index in [1.807, 2.05) is 6.26 Å². The molecule has 1 fully saturated rings. The highest BCUT2D eigenvalue weighted by molar-refractivity contribution is 7.99. The third-order valence-electron chi connectivity index (χ3n) is 2.99. The molecular formula is C11H23N3O3S3. The Morgan fingerprint density at radius 3 is 2.70 bits per heavy atom. The van der Waals surface area contributed by atoms with Gasteiger partial charge >= 0.3 is 0 Å². The first-order valence-corrected chi connectivity index (χ1v) is 10.7. The molecule has 0 radical (unpaired) electrons. The van der Waals surface area contributed by atoms with Gasteiger partial charge in [0, 0.05) is 31.1 Å². The number of hydrogen-bond acceptors (Lipinski definition) is 6. The molecule has 0 aromatic heterocycles. The summed E-state index contributed by atoms with van der Waals surface area (Å²) in [5.41, 5.74) is 5.71. The van der Waals surface area contributed by atoms with Gasteiger partial charge in [-0.2, -0.15) is 23.5 Å². The maximum atomic E-state index is 12.0. The van der Waals surface area contributed by atoms with Crippen molar-refractivity contribution in [1.29, 1.82) is 0 Å². The number of thioether (sulfide) groups is 2. The molecule has 118 valence electrons. The van der Waals surface area contributed by atoms with Gasteiger partial charge in [-0.1, -0.05) is 0 Å². The lowest BCUT2D eigenvalue weighted by molar-refractivity contribution is -0.122. The third kappa shape index (κ3) is 6.21. The molecule has 1 amide bonds. The minimum absolute atomic E-state index is 0.0569. The largest absolute Gasteiger partial charge is 0.354 e. The molecule has 0 aliphatic carbocycles. The first kappa shape index (κ1) is 18.1. The molecule has 1 heterocycles. The van der Waals surface area contributed by atoms with E-state index in [1.54, 1.807) is 23.5 Å². The molecule has 1 atom stereocenters. The number of nitrogens with zero attached hydrogens (tertiary/aromatic N) is 1. The molecule has 9 heteroatoms. The molecule has 1 saturated heterocycles. The number of hydrogen-bond donors (Lipinski definition) is 2. The monoisotopic (exact) mass is 341 g/mol. The summed E-state index contributed by atoms with van der Waals surface area (Å²) in [5, 5.41) is 2.60. The van der Waals surface area contributed by atoms with E-state index in [4.69, 9.17) is 5.73 Å². The van der Waals surface area contributed by atoms with Crippen LogP contribution in [0.25, 0.3) is 0 Å². The van der Waals surface area contributed by atoms with Gasteiger partial charge in [-0.25, -0.2) is 12.7 Å². The lowest BCUT2D eigenvalue weighted by Crippen LogP contribution is -2.45. The molecule has 1 rings (SSSR count). The number of rotatable bonds is 8. The van der Waals surface area contributed by atoms with E-state index in [0.717, 1.165) is 17.3 Å². The Balaban J connectivity index is 2.30.